The summed E-state index contributed by atoms with van der Waals surface area (Å²) in [7, 11) is 0. The molecule has 1 rings (SSSR count). The molecule has 0 aliphatic carbocycles. The lowest BCUT2D eigenvalue weighted by atomic mass is 10.1. The molecular weight excluding hydrogens is 207 g/mol. The van der Waals surface area contributed by atoms with Gasteiger partial charge in [0, 0.05) is 5.56 Å². The quantitative estimate of drug-likeness (QED) is 0.621. The molecule has 0 radical (unpaired) electrons. The summed E-state index contributed by atoms with van der Waals surface area (Å²) >= 11 is 0. The third-order valence-electron chi connectivity index (χ3n) is 1.38. The van der Waals surface area contributed by atoms with Crippen molar-refractivity contribution in [1.82, 2.24) is 0 Å². The van der Waals surface area contributed by atoms with Crippen LogP contribution in [0.25, 0.3) is 0 Å². The van der Waals surface area contributed by atoms with Crippen molar-refractivity contribution in [2.75, 3.05) is 6.61 Å². The number of rotatable bonds is 2. The van der Waals surface area contributed by atoms with Crippen LogP contribution in [0.4, 0.5) is 4.39 Å². The Hall–Kier alpha value is -1.48. The number of ketones is 1. The predicted octanol–water partition coefficient (Wildman–Crippen LogP) is 3.22. The molecule has 16 heavy (non-hydrogen) atoms. The van der Waals surface area contributed by atoms with Gasteiger partial charge in [-0.05, 0) is 31.2 Å². The summed E-state index contributed by atoms with van der Waals surface area (Å²) in [6, 6.07) is 5.49. The first-order valence-electron chi connectivity index (χ1n) is 5.10. The van der Waals surface area contributed by atoms with Crippen molar-refractivity contribution in [2.24, 2.45) is 0 Å². The van der Waals surface area contributed by atoms with Gasteiger partial charge in [0.1, 0.15) is 5.82 Å². The van der Waals surface area contributed by atoms with E-state index in [0.717, 1.165) is 0 Å². The van der Waals surface area contributed by atoms with E-state index in [1.54, 1.807) is 0 Å². The molecule has 90 valence electrons. The van der Waals surface area contributed by atoms with E-state index in [-0.39, 0.29) is 18.2 Å². The van der Waals surface area contributed by atoms with Crippen molar-refractivity contribution in [2.45, 2.75) is 20.8 Å². The summed E-state index contributed by atoms with van der Waals surface area (Å²) in [6.45, 7) is 8.76. The molecule has 0 bridgehead atoms. The number of aliphatic hydroxyl groups excluding tert-OH is 1. The normalized spacial score (nSPS) is 7.81. The summed E-state index contributed by atoms with van der Waals surface area (Å²) in [4.78, 5) is 10.6. The van der Waals surface area contributed by atoms with Gasteiger partial charge in [-0.2, -0.15) is 0 Å². The van der Waals surface area contributed by atoms with Crippen molar-refractivity contribution in [3.8, 4) is 0 Å². The largest absolute Gasteiger partial charge is 0.392 e. The summed E-state index contributed by atoms with van der Waals surface area (Å²) < 4.78 is 12.2. The molecule has 0 aromatic heterocycles. The van der Waals surface area contributed by atoms with E-state index in [1.165, 1.54) is 37.3 Å². The van der Waals surface area contributed by atoms with E-state index >= 15 is 0 Å². The second kappa shape index (κ2) is 11.6. The van der Waals surface area contributed by atoms with Gasteiger partial charge in [0.15, 0.2) is 5.78 Å². The van der Waals surface area contributed by atoms with Crippen LogP contribution in [0.15, 0.2) is 36.9 Å². The van der Waals surface area contributed by atoms with E-state index < -0.39 is 0 Å². The summed E-state index contributed by atoms with van der Waals surface area (Å²) in [5.74, 6) is -0.356. The number of halogens is 1. The van der Waals surface area contributed by atoms with Crippen molar-refractivity contribution in [1.29, 1.82) is 0 Å². The first-order chi connectivity index (χ1) is 7.61. The summed E-state index contributed by atoms with van der Waals surface area (Å²) in [5.41, 5.74) is 0.543. The van der Waals surface area contributed by atoms with E-state index in [9.17, 15) is 9.18 Å². The number of benzene rings is 1. The van der Waals surface area contributed by atoms with Crippen LogP contribution in [0.5, 0.6) is 0 Å². The van der Waals surface area contributed by atoms with E-state index in [0.29, 0.717) is 5.56 Å². The molecular formula is C13H19FO2. The van der Waals surface area contributed by atoms with Gasteiger partial charge in [0.05, 0.1) is 6.61 Å². The van der Waals surface area contributed by atoms with Crippen LogP contribution in [0, 0.1) is 5.82 Å². The molecule has 0 aliphatic rings. The first-order valence-corrected chi connectivity index (χ1v) is 5.10. The zero-order chi connectivity index (χ0) is 13.0. The Kier molecular flexibility index (Phi) is 12.3. The molecule has 0 amide bonds. The highest BCUT2D eigenvalue weighted by molar-refractivity contribution is 5.93. The van der Waals surface area contributed by atoms with Gasteiger partial charge in [-0.25, -0.2) is 4.39 Å². The zero-order valence-electron chi connectivity index (χ0n) is 10.0. The Labute approximate surface area is 96.4 Å². The topological polar surface area (TPSA) is 37.3 Å². The first kappa shape index (κ1) is 16.9. The van der Waals surface area contributed by atoms with Crippen LogP contribution in [0.1, 0.15) is 31.1 Å². The van der Waals surface area contributed by atoms with Crippen molar-refractivity contribution < 1.29 is 14.3 Å². The average molecular weight is 226 g/mol. The molecule has 0 saturated heterocycles. The van der Waals surface area contributed by atoms with Crippen LogP contribution in [-0.2, 0) is 0 Å². The van der Waals surface area contributed by atoms with Crippen molar-refractivity contribution in [3.05, 3.63) is 48.3 Å². The van der Waals surface area contributed by atoms with Gasteiger partial charge < -0.3 is 5.11 Å². The molecule has 2 nitrogen and oxygen atoms in total. The SMILES string of the molecule is C=CCO.CC.CC(=O)c1ccc(F)cc1. The number of Topliss-reactive ketones (excluding diaryl/α,β-unsaturated/α-hetero) is 1. The Bertz CT molecular complexity index is 291. The van der Waals surface area contributed by atoms with Gasteiger partial charge in [-0.3, -0.25) is 4.79 Å². The van der Waals surface area contributed by atoms with Gasteiger partial charge in [0.2, 0.25) is 0 Å². The monoisotopic (exact) mass is 226 g/mol. The fourth-order valence-corrected chi connectivity index (χ4v) is 0.685. The molecule has 0 aliphatic heterocycles. The lowest BCUT2D eigenvalue weighted by Crippen LogP contribution is -1.90. The highest BCUT2D eigenvalue weighted by atomic mass is 19.1. The maximum absolute atomic E-state index is 12.2. The highest BCUT2D eigenvalue weighted by Gasteiger charge is 1.96. The Morgan fingerprint density at radius 3 is 2.00 bits per heavy atom. The zero-order valence-corrected chi connectivity index (χ0v) is 10.0. The minimum absolute atomic E-state index is 0.0417. The number of carbonyl (C=O) groups is 1. The highest BCUT2D eigenvalue weighted by Crippen LogP contribution is 2.02. The van der Waals surface area contributed by atoms with Crippen molar-refractivity contribution in [3.63, 3.8) is 0 Å². The maximum Gasteiger partial charge on any atom is 0.159 e. The second-order valence-corrected chi connectivity index (χ2v) is 2.53. The minimum atomic E-state index is -0.315. The molecule has 1 aromatic carbocycles. The number of hydrogen-bond acceptors (Lipinski definition) is 2. The van der Waals surface area contributed by atoms with E-state index in [1.807, 2.05) is 13.8 Å². The van der Waals surface area contributed by atoms with E-state index in [4.69, 9.17) is 5.11 Å². The minimum Gasteiger partial charge on any atom is -0.392 e. The molecule has 0 spiro atoms. The maximum atomic E-state index is 12.2. The molecule has 0 saturated carbocycles. The van der Waals surface area contributed by atoms with Crippen molar-refractivity contribution >= 4 is 5.78 Å². The van der Waals surface area contributed by atoms with Crippen LogP contribution >= 0.6 is 0 Å². The number of aliphatic hydroxyl groups is 1. The number of carbonyl (C=O) groups excluding carboxylic acids is 1. The van der Waals surface area contributed by atoms with Gasteiger partial charge in [-0.15, -0.1) is 6.58 Å². The number of hydrogen-bond donors (Lipinski definition) is 1. The molecule has 1 N–H and O–H groups in total. The van der Waals surface area contributed by atoms with Crippen LogP contribution < -0.4 is 0 Å². The Morgan fingerprint density at radius 1 is 1.38 bits per heavy atom. The van der Waals surface area contributed by atoms with Crippen LogP contribution in [-0.4, -0.2) is 17.5 Å². The summed E-state index contributed by atoms with van der Waals surface area (Å²) in [6.07, 6.45) is 1.43. The lowest BCUT2D eigenvalue weighted by Gasteiger charge is -1.91. The van der Waals surface area contributed by atoms with Crippen LogP contribution in [0.2, 0.25) is 0 Å². The smallest absolute Gasteiger partial charge is 0.159 e. The fraction of sp³-hybridized carbons (Fsp3) is 0.308. The second-order valence-electron chi connectivity index (χ2n) is 2.53. The van der Waals surface area contributed by atoms with Gasteiger partial charge in [0.25, 0.3) is 0 Å². The average Bonchev–Trinajstić information content (AvgIpc) is 2.32. The Balaban J connectivity index is 0. The standard InChI is InChI=1S/C8H7FO.C3H6O.C2H6/c1-6(10)7-2-4-8(9)5-3-7;1-2-3-4;1-2/h2-5H,1H3;2,4H,1,3H2;1-2H3. The molecule has 0 fully saturated rings. The lowest BCUT2D eigenvalue weighted by molar-refractivity contribution is 0.101. The molecule has 0 unspecified atom stereocenters. The third-order valence-corrected chi connectivity index (χ3v) is 1.38. The third kappa shape index (κ3) is 9.09. The molecule has 0 atom stereocenters. The summed E-state index contributed by atoms with van der Waals surface area (Å²) in [5, 5.41) is 7.76. The predicted molar refractivity (Wildman–Crippen MR) is 65.0 cm³/mol. The molecule has 3 heteroatoms. The fourth-order valence-electron chi connectivity index (χ4n) is 0.685. The molecule has 1 aromatic rings. The molecule has 0 heterocycles. The van der Waals surface area contributed by atoms with Crippen LogP contribution in [0.3, 0.4) is 0 Å². The van der Waals surface area contributed by atoms with E-state index in [2.05, 4.69) is 6.58 Å². The van der Waals surface area contributed by atoms with Gasteiger partial charge in [-0.1, -0.05) is 19.9 Å². The van der Waals surface area contributed by atoms with Gasteiger partial charge >= 0.3 is 0 Å². The Morgan fingerprint density at radius 2 is 1.75 bits per heavy atom.